The molecule has 0 heteroatoms. The molecule has 3 saturated carbocycles. The van der Waals surface area contributed by atoms with E-state index in [0.717, 1.165) is 29.6 Å². The first-order valence-electron chi connectivity index (χ1n) is 14.3. The van der Waals surface area contributed by atoms with Crippen molar-refractivity contribution in [2.24, 2.45) is 40.4 Å². The van der Waals surface area contributed by atoms with Crippen molar-refractivity contribution in [2.45, 2.75) is 130 Å². The quantitative estimate of drug-likeness (QED) is 0.323. The van der Waals surface area contributed by atoms with Gasteiger partial charge in [0.1, 0.15) is 0 Å². The molecule has 0 saturated heterocycles. The van der Waals surface area contributed by atoms with Crippen molar-refractivity contribution in [2.75, 3.05) is 0 Å². The molecule has 4 unspecified atom stereocenters. The monoisotopic (exact) mass is 424 g/mol. The minimum atomic E-state index is 0.481. The van der Waals surface area contributed by atoms with Gasteiger partial charge in [0.15, 0.2) is 0 Å². The molecule has 0 heterocycles. The average molecular weight is 425 g/mol. The smallest absolute Gasteiger partial charge is 0.00788 e. The van der Waals surface area contributed by atoms with E-state index >= 15 is 0 Å². The lowest BCUT2D eigenvalue weighted by Crippen LogP contribution is -2.53. The summed E-state index contributed by atoms with van der Waals surface area (Å²) in [5.74, 6) is 4.84. The minimum absolute atomic E-state index is 0.481. The first kappa shape index (κ1) is 23.6. The number of allylic oxidation sites excluding steroid dienone is 3. The molecule has 0 spiro atoms. The van der Waals surface area contributed by atoms with E-state index in [4.69, 9.17) is 0 Å². The Morgan fingerprint density at radius 3 is 2.35 bits per heavy atom. The highest BCUT2D eigenvalue weighted by Crippen LogP contribution is 2.68. The molecule has 4 aliphatic carbocycles. The maximum absolute atomic E-state index is 4.38. The number of rotatable bonds is 9. The van der Waals surface area contributed by atoms with Crippen molar-refractivity contribution in [3.63, 3.8) is 0 Å². The van der Waals surface area contributed by atoms with Gasteiger partial charge in [-0.3, -0.25) is 0 Å². The number of unbranched alkanes of at least 4 members (excludes halogenated alkanes) is 7. The van der Waals surface area contributed by atoms with Gasteiger partial charge in [0.25, 0.3) is 0 Å². The molecule has 31 heavy (non-hydrogen) atoms. The summed E-state index contributed by atoms with van der Waals surface area (Å²) in [6.45, 7) is 14.6. The van der Waals surface area contributed by atoms with Gasteiger partial charge < -0.3 is 0 Å². The third kappa shape index (κ3) is 4.48. The summed E-state index contributed by atoms with van der Waals surface area (Å²) in [6, 6.07) is 0. The molecule has 176 valence electrons. The van der Waals surface area contributed by atoms with Crippen LogP contribution in [0.2, 0.25) is 0 Å². The first-order valence-corrected chi connectivity index (χ1v) is 14.3. The Bertz CT molecular complexity index is 655. The highest BCUT2D eigenvalue weighted by Gasteiger charge is 2.60. The van der Waals surface area contributed by atoms with Crippen LogP contribution in [0.4, 0.5) is 0 Å². The molecule has 0 aromatic heterocycles. The van der Waals surface area contributed by atoms with Crippen LogP contribution in [0.25, 0.3) is 0 Å². The van der Waals surface area contributed by atoms with Crippen molar-refractivity contribution in [1.29, 1.82) is 0 Å². The Morgan fingerprint density at radius 1 is 0.903 bits per heavy atom. The lowest BCUT2D eigenvalue weighted by atomic mass is 9.44. The van der Waals surface area contributed by atoms with Gasteiger partial charge >= 0.3 is 0 Å². The van der Waals surface area contributed by atoms with Crippen LogP contribution < -0.4 is 0 Å². The average Bonchev–Trinajstić information content (AvgIpc) is 3.05. The van der Waals surface area contributed by atoms with Gasteiger partial charge in [0, 0.05) is 0 Å². The van der Waals surface area contributed by atoms with E-state index in [1.165, 1.54) is 108 Å². The van der Waals surface area contributed by atoms with E-state index in [1.807, 2.05) is 5.57 Å². The van der Waals surface area contributed by atoms with E-state index < -0.39 is 0 Å². The van der Waals surface area contributed by atoms with Crippen molar-refractivity contribution in [3.05, 3.63) is 23.8 Å². The molecule has 4 aliphatic rings. The Morgan fingerprint density at radius 2 is 1.61 bits per heavy atom. The van der Waals surface area contributed by atoms with E-state index in [-0.39, 0.29) is 0 Å². The highest BCUT2D eigenvalue weighted by atomic mass is 14.6. The Kier molecular flexibility index (Phi) is 7.45. The van der Waals surface area contributed by atoms with Gasteiger partial charge in [0.05, 0.1) is 0 Å². The zero-order valence-corrected chi connectivity index (χ0v) is 21.5. The normalized spacial score (nSPS) is 42.0. The highest BCUT2D eigenvalue weighted by molar-refractivity contribution is 5.34. The molecule has 0 radical (unpaired) electrons. The number of hydrogen-bond acceptors (Lipinski definition) is 0. The van der Waals surface area contributed by atoms with Gasteiger partial charge in [-0.05, 0) is 91.8 Å². The fourth-order valence-electron chi connectivity index (χ4n) is 8.89. The lowest BCUT2D eigenvalue weighted by molar-refractivity contribution is -0.0775. The Balaban J connectivity index is 1.45. The summed E-state index contributed by atoms with van der Waals surface area (Å²) in [5, 5.41) is 0. The van der Waals surface area contributed by atoms with E-state index in [9.17, 15) is 0 Å². The van der Waals surface area contributed by atoms with Crippen LogP contribution in [0.1, 0.15) is 130 Å². The third-order valence-corrected chi connectivity index (χ3v) is 11.2. The Labute approximate surface area is 194 Å². The summed E-state index contributed by atoms with van der Waals surface area (Å²) in [4.78, 5) is 0. The summed E-state index contributed by atoms with van der Waals surface area (Å²) >= 11 is 0. The van der Waals surface area contributed by atoms with Crippen LogP contribution in [0, 0.1) is 40.4 Å². The van der Waals surface area contributed by atoms with Crippen molar-refractivity contribution in [3.8, 4) is 0 Å². The minimum Gasteiger partial charge on any atom is -0.0958 e. The van der Waals surface area contributed by atoms with Gasteiger partial charge in [0.2, 0.25) is 0 Å². The van der Waals surface area contributed by atoms with Gasteiger partial charge in [-0.1, -0.05) is 103 Å². The summed E-state index contributed by atoms with van der Waals surface area (Å²) in [5.41, 5.74) is 4.33. The van der Waals surface area contributed by atoms with Gasteiger partial charge in [-0.15, -0.1) is 0 Å². The second-order valence-electron chi connectivity index (χ2n) is 12.8. The van der Waals surface area contributed by atoms with Crippen molar-refractivity contribution < 1.29 is 0 Å². The van der Waals surface area contributed by atoms with Crippen LogP contribution in [-0.4, -0.2) is 0 Å². The van der Waals surface area contributed by atoms with Crippen LogP contribution in [0.5, 0.6) is 0 Å². The summed E-state index contributed by atoms with van der Waals surface area (Å²) in [6.07, 6.45) is 25.7. The fourth-order valence-corrected chi connectivity index (χ4v) is 8.89. The standard InChI is InChI=1S/C31H52/c1-6-7-8-9-10-11-12-13-14-25-22-26-21-23(2)17-19-31(26,5)28-18-20-30(4)24(3)15-16-27(30)29(25)28/h21,24-25,27-29H,2,6-20,22H2,1,3-5H3/t24-,25?,27?,28?,29?,30+,31-/m0/s1. The summed E-state index contributed by atoms with van der Waals surface area (Å²) < 4.78 is 0. The zero-order valence-electron chi connectivity index (χ0n) is 21.5. The lowest BCUT2D eigenvalue weighted by Gasteiger charge is -2.61. The zero-order chi connectivity index (χ0) is 22.1. The van der Waals surface area contributed by atoms with Crippen molar-refractivity contribution in [1.82, 2.24) is 0 Å². The van der Waals surface area contributed by atoms with Crippen LogP contribution in [0.3, 0.4) is 0 Å². The molecule has 7 atom stereocenters. The van der Waals surface area contributed by atoms with Crippen LogP contribution in [0.15, 0.2) is 23.8 Å². The van der Waals surface area contributed by atoms with Gasteiger partial charge in [-0.2, -0.15) is 0 Å². The molecular formula is C31H52. The molecule has 3 fully saturated rings. The van der Waals surface area contributed by atoms with Crippen LogP contribution in [-0.2, 0) is 0 Å². The molecule has 0 bridgehead atoms. The van der Waals surface area contributed by atoms with E-state index in [0.29, 0.717) is 10.8 Å². The largest absolute Gasteiger partial charge is 0.0958 e. The predicted molar refractivity (Wildman–Crippen MR) is 136 cm³/mol. The molecule has 0 aliphatic heterocycles. The third-order valence-electron chi connectivity index (χ3n) is 11.2. The topological polar surface area (TPSA) is 0 Å². The molecule has 0 aromatic carbocycles. The second kappa shape index (κ2) is 9.77. The molecule has 0 amide bonds. The molecule has 0 aromatic rings. The maximum atomic E-state index is 4.38. The number of hydrogen-bond donors (Lipinski definition) is 0. The van der Waals surface area contributed by atoms with Crippen LogP contribution >= 0.6 is 0 Å². The maximum Gasteiger partial charge on any atom is -0.00788 e. The summed E-state index contributed by atoms with van der Waals surface area (Å²) in [7, 11) is 0. The predicted octanol–water partition coefficient (Wildman–Crippen LogP) is 9.90. The Hall–Kier alpha value is -0.520. The van der Waals surface area contributed by atoms with E-state index in [1.54, 1.807) is 0 Å². The SMILES string of the molecule is C=C1C=C2CC(CCCCCCCCCC)C3C(CC[C@@]4(C)C3CC[C@@H]4C)[C@@]2(C)CC1. The molecule has 0 nitrogen and oxygen atoms in total. The molecular weight excluding hydrogens is 372 g/mol. The fraction of sp³-hybridized carbons (Fsp3) is 0.871. The first-order chi connectivity index (χ1) is 14.9. The molecule has 0 N–H and O–H groups in total. The second-order valence-corrected chi connectivity index (χ2v) is 12.8. The van der Waals surface area contributed by atoms with Crippen molar-refractivity contribution >= 4 is 0 Å². The number of fused-ring (bicyclic) bond motifs is 5. The van der Waals surface area contributed by atoms with Gasteiger partial charge in [-0.25, -0.2) is 0 Å². The molecule has 4 rings (SSSR count). The van der Waals surface area contributed by atoms with E-state index in [2.05, 4.69) is 40.3 Å².